The van der Waals surface area contributed by atoms with Gasteiger partial charge >= 0.3 is 0 Å². The molecule has 1 fully saturated rings. The van der Waals surface area contributed by atoms with Crippen molar-refractivity contribution >= 4 is 23.2 Å². The lowest BCUT2D eigenvalue weighted by molar-refractivity contribution is 0.185. The van der Waals surface area contributed by atoms with E-state index in [4.69, 9.17) is 16.3 Å². The first-order valence-corrected chi connectivity index (χ1v) is 5.76. The van der Waals surface area contributed by atoms with Crippen molar-refractivity contribution in [1.82, 2.24) is 19.6 Å². The maximum atomic E-state index is 5.95. The van der Waals surface area contributed by atoms with Crippen molar-refractivity contribution in [3.8, 4) is 0 Å². The van der Waals surface area contributed by atoms with Crippen molar-refractivity contribution in [1.29, 1.82) is 0 Å². The third-order valence-electron chi connectivity index (χ3n) is 2.87. The molecule has 90 valence electrons. The molecule has 0 aromatic carbocycles. The first-order chi connectivity index (χ1) is 8.16. The van der Waals surface area contributed by atoms with Gasteiger partial charge < -0.3 is 10.1 Å². The van der Waals surface area contributed by atoms with Crippen LogP contribution in [-0.4, -0.2) is 38.3 Å². The average molecular weight is 254 g/mol. The van der Waals surface area contributed by atoms with E-state index in [1.807, 2.05) is 0 Å². The predicted octanol–water partition coefficient (Wildman–Crippen LogP) is 1.37. The molecule has 1 unspecified atom stereocenters. The summed E-state index contributed by atoms with van der Waals surface area (Å²) in [4.78, 5) is 8.10. The van der Waals surface area contributed by atoms with Crippen LogP contribution in [0.5, 0.6) is 0 Å². The number of rotatable bonds is 2. The molecule has 0 spiro atoms. The van der Waals surface area contributed by atoms with Crippen LogP contribution in [0.1, 0.15) is 13.3 Å². The molecule has 3 rings (SSSR count). The summed E-state index contributed by atoms with van der Waals surface area (Å²) in [5, 5.41) is 7.91. The second-order valence-electron chi connectivity index (χ2n) is 4.42. The summed E-state index contributed by atoms with van der Waals surface area (Å²) in [6.45, 7) is 3.54. The molecule has 6 nitrogen and oxygen atoms in total. The third kappa shape index (κ3) is 1.94. The number of ether oxygens (including phenoxy) is 1. The molecular weight excluding hydrogens is 242 g/mol. The molecule has 0 bridgehead atoms. The minimum atomic E-state index is -0.0937. The highest BCUT2D eigenvalue weighted by atomic mass is 35.5. The first-order valence-electron chi connectivity index (χ1n) is 5.39. The van der Waals surface area contributed by atoms with Gasteiger partial charge in [-0.15, -0.1) is 0 Å². The van der Waals surface area contributed by atoms with Crippen LogP contribution in [0.3, 0.4) is 0 Å². The standard InChI is InChI=1S/C10H12ClN5O/c1-10(2-3-17-5-10)15-8-4-7(11)14-9-12-6-13-16(8)9/h4,6,15H,2-3,5H2,1H3. The van der Waals surface area contributed by atoms with Gasteiger partial charge in [-0.05, 0) is 13.3 Å². The molecule has 1 aliphatic heterocycles. The normalized spacial score (nSPS) is 24.4. The summed E-state index contributed by atoms with van der Waals surface area (Å²) in [6.07, 6.45) is 2.40. The number of halogens is 1. The van der Waals surface area contributed by atoms with Crippen LogP contribution >= 0.6 is 11.6 Å². The van der Waals surface area contributed by atoms with Crippen molar-refractivity contribution in [3.63, 3.8) is 0 Å². The number of aromatic nitrogens is 4. The zero-order valence-electron chi connectivity index (χ0n) is 9.35. The summed E-state index contributed by atoms with van der Waals surface area (Å²) >= 11 is 5.95. The van der Waals surface area contributed by atoms with E-state index in [-0.39, 0.29) is 5.54 Å². The van der Waals surface area contributed by atoms with Crippen LogP contribution in [-0.2, 0) is 4.74 Å². The molecule has 0 amide bonds. The number of fused-ring (bicyclic) bond motifs is 1. The Morgan fingerprint density at radius 2 is 2.47 bits per heavy atom. The van der Waals surface area contributed by atoms with Gasteiger partial charge in [0.05, 0.1) is 12.1 Å². The van der Waals surface area contributed by atoms with E-state index in [0.717, 1.165) is 18.8 Å². The highest BCUT2D eigenvalue weighted by Gasteiger charge is 2.30. The molecule has 0 aliphatic carbocycles. The van der Waals surface area contributed by atoms with Gasteiger partial charge in [0.15, 0.2) is 0 Å². The molecule has 1 aliphatic rings. The van der Waals surface area contributed by atoms with Crippen LogP contribution in [0.4, 0.5) is 5.82 Å². The zero-order valence-corrected chi connectivity index (χ0v) is 10.1. The van der Waals surface area contributed by atoms with E-state index in [1.54, 1.807) is 10.6 Å². The topological polar surface area (TPSA) is 64.3 Å². The molecule has 17 heavy (non-hydrogen) atoms. The number of anilines is 1. The predicted molar refractivity (Wildman–Crippen MR) is 63.3 cm³/mol. The summed E-state index contributed by atoms with van der Waals surface area (Å²) in [5.74, 6) is 1.27. The second-order valence-corrected chi connectivity index (χ2v) is 4.81. The summed E-state index contributed by atoms with van der Waals surface area (Å²) in [6, 6.07) is 1.74. The number of hydrogen-bond donors (Lipinski definition) is 1. The van der Waals surface area contributed by atoms with E-state index in [1.165, 1.54) is 6.33 Å². The van der Waals surface area contributed by atoms with Crippen LogP contribution in [0.25, 0.3) is 5.78 Å². The second kappa shape index (κ2) is 3.82. The van der Waals surface area contributed by atoms with Gasteiger partial charge in [0.2, 0.25) is 0 Å². The van der Waals surface area contributed by atoms with E-state index >= 15 is 0 Å². The molecule has 2 aromatic rings. The Kier molecular flexibility index (Phi) is 2.41. The van der Waals surface area contributed by atoms with E-state index in [0.29, 0.717) is 17.5 Å². The van der Waals surface area contributed by atoms with Gasteiger partial charge in [0, 0.05) is 12.7 Å². The largest absolute Gasteiger partial charge is 0.379 e. The van der Waals surface area contributed by atoms with Crippen molar-refractivity contribution in [3.05, 3.63) is 17.5 Å². The highest BCUT2D eigenvalue weighted by Crippen LogP contribution is 2.24. The van der Waals surface area contributed by atoms with Crippen molar-refractivity contribution in [2.45, 2.75) is 18.9 Å². The maximum absolute atomic E-state index is 5.95. The minimum Gasteiger partial charge on any atom is -0.379 e. The van der Waals surface area contributed by atoms with Gasteiger partial charge in [-0.25, -0.2) is 0 Å². The molecular formula is C10H12ClN5O. The minimum absolute atomic E-state index is 0.0937. The summed E-state index contributed by atoms with van der Waals surface area (Å²) in [7, 11) is 0. The average Bonchev–Trinajstić information content (AvgIpc) is 2.86. The van der Waals surface area contributed by atoms with Gasteiger partial charge in [-0.1, -0.05) is 11.6 Å². The molecule has 7 heteroatoms. The van der Waals surface area contributed by atoms with Gasteiger partial charge in [0.25, 0.3) is 5.78 Å². The van der Waals surface area contributed by atoms with Gasteiger partial charge in [-0.2, -0.15) is 19.6 Å². The summed E-state index contributed by atoms with van der Waals surface area (Å²) in [5.41, 5.74) is -0.0937. The lowest BCUT2D eigenvalue weighted by Crippen LogP contribution is -2.35. The van der Waals surface area contributed by atoms with Crippen LogP contribution in [0.15, 0.2) is 12.4 Å². The first kappa shape index (κ1) is 10.7. The molecule has 1 atom stereocenters. The van der Waals surface area contributed by atoms with E-state index in [9.17, 15) is 0 Å². The highest BCUT2D eigenvalue weighted by molar-refractivity contribution is 6.29. The monoisotopic (exact) mass is 253 g/mol. The number of nitrogens with zero attached hydrogens (tertiary/aromatic N) is 4. The Hall–Kier alpha value is -1.40. The van der Waals surface area contributed by atoms with Crippen LogP contribution in [0, 0.1) is 0 Å². The van der Waals surface area contributed by atoms with Crippen molar-refractivity contribution in [2.75, 3.05) is 18.5 Å². The quantitative estimate of drug-likeness (QED) is 0.819. The number of nitrogens with one attached hydrogen (secondary N) is 1. The molecule has 0 saturated carbocycles. The Morgan fingerprint density at radius 3 is 3.24 bits per heavy atom. The molecule has 1 saturated heterocycles. The van der Waals surface area contributed by atoms with E-state index in [2.05, 4.69) is 27.3 Å². The zero-order chi connectivity index (χ0) is 11.9. The Balaban J connectivity index is 2.01. The molecule has 2 aromatic heterocycles. The Bertz CT molecular complexity index is 549. The fourth-order valence-corrected chi connectivity index (χ4v) is 2.13. The van der Waals surface area contributed by atoms with Crippen molar-refractivity contribution in [2.24, 2.45) is 0 Å². The van der Waals surface area contributed by atoms with Gasteiger partial charge in [0.1, 0.15) is 17.3 Å². The van der Waals surface area contributed by atoms with Crippen molar-refractivity contribution < 1.29 is 4.74 Å². The third-order valence-corrected chi connectivity index (χ3v) is 3.06. The summed E-state index contributed by atoms with van der Waals surface area (Å²) < 4.78 is 7.03. The molecule has 0 radical (unpaired) electrons. The number of hydrogen-bond acceptors (Lipinski definition) is 5. The Morgan fingerprint density at radius 1 is 1.59 bits per heavy atom. The van der Waals surface area contributed by atoms with E-state index < -0.39 is 0 Å². The molecule has 3 heterocycles. The van der Waals surface area contributed by atoms with Crippen LogP contribution < -0.4 is 5.32 Å². The fourth-order valence-electron chi connectivity index (χ4n) is 1.95. The molecule has 1 N–H and O–H groups in total. The lowest BCUT2D eigenvalue weighted by Gasteiger charge is -2.24. The maximum Gasteiger partial charge on any atom is 0.255 e. The lowest BCUT2D eigenvalue weighted by atomic mass is 10.0. The van der Waals surface area contributed by atoms with Crippen LogP contribution in [0.2, 0.25) is 5.15 Å². The van der Waals surface area contributed by atoms with Gasteiger partial charge in [-0.3, -0.25) is 0 Å². The smallest absolute Gasteiger partial charge is 0.255 e. The fraction of sp³-hybridized carbons (Fsp3) is 0.500. The Labute approximate surface area is 103 Å². The SMILES string of the molecule is CC1(Nc2cc(Cl)nc3ncnn23)CCOC1.